The van der Waals surface area contributed by atoms with E-state index in [1.807, 2.05) is 24.3 Å². The Bertz CT molecular complexity index is 988. The van der Waals surface area contributed by atoms with Crippen molar-refractivity contribution in [3.05, 3.63) is 48.2 Å². The Kier molecular flexibility index (Phi) is 4.04. The molecule has 1 aliphatic rings. The van der Waals surface area contributed by atoms with Crippen LogP contribution in [0.2, 0.25) is 0 Å². The van der Waals surface area contributed by atoms with Crippen LogP contribution in [-0.2, 0) is 4.74 Å². The summed E-state index contributed by atoms with van der Waals surface area (Å²) in [4.78, 5) is 21.5. The highest BCUT2D eigenvalue weighted by Gasteiger charge is 2.20. The molecule has 132 valence electrons. The minimum atomic E-state index is -0.526. The van der Waals surface area contributed by atoms with Gasteiger partial charge in [0.25, 0.3) is 0 Å². The number of hydrogen-bond acceptors (Lipinski definition) is 7. The number of hydrogen-bond donors (Lipinski definition) is 1. The molecule has 7 nitrogen and oxygen atoms in total. The lowest BCUT2D eigenvalue weighted by Gasteiger charge is -2.13. The summed E-state index contributed by atoms with van der Waals surface area (Å²) >= 11 is 0. The molecule has 0 atom stereocenters. The van der Waals surface area contributed by atoms with Gasteiger partial charge in [-0.3, -0.25) is 0 Å². The summed E-state index contributed by atoms with van der Waals surface area (Å²) in [7, 11) is 0. The first-order chi connectivity index (χ1) is 12.6. The van der Waals surface area contributed by atoms with Gasteiger partial charge in [-0.1, -0.05) is 12.1 Å². The summed E-state index contributed by atoms with van der Waals surface area (Å²) < 4.78 is 16.0. The van der Waals surface area contributed by atoms with Crippen LogP contribution in [0.15, 0.2) is 42.5 Å². The maximum absolute atomic E-state index is 12.5. The highest BCUT2D eigenvalue weighted by molar-refractivity contribution is 5.96. The van der Waals surface area contributed by atoms with Crippen molar-refractivity contribution < 1.29 is 19.0 Å². The summed E-state index contributed by atoms with van der Waals surface area (Å²) in [5.74, 6) is 1.12. The van der Waals surface area contributed by atoms with E-state index in [-0.39, 0.29) is 18.6 Å². The highest BCUT2D eigenvalue weighted by Crippen LogP contribution is 2.35. The van der Waals surface area contributed by atoms with Gasteiger partial charge in [-0.15, -0.1) is 0 Å². The van der Waals surface area contributed by atoms with Crippen LogP contribution < -0.4 is 14.8 Å². The quantitative estimate of drug-likeness (QED) is 0.718. The van der Waals surface area contributed by atoms with Gasteiger partial charge in [0, 0.05) is 11.8 Å². The molecule has 0 fully saturated rings. The number of nitrogens with one attached hydrogen (secondary N) is 1. The number of carbonyl (C=O) groups excluding carboxylic acids is 1. The third-order valence-electron chi connectivity index (χ3n) is 3.74. The zero-order valence-electron chi connectivity index (χ0n) is 14.4. The van der Waals surface area contributed by atoms with Gasteiger partial charge in [0.15, 0.2) is 23.0 Å². The number of anilines is 2. The molecule has 0 spiro atoms. The first kappa shape index (κ1) is 16.1. The number of aromatic nitrogens is 2. The van der Waals surface area contributed by atoms with Crippen molar-refractivity contribution in [1.29, 1.82) is 0 Å². The topological polar surface area (TPSA) is 82.6 Å². The first-order valence-electron chi connectivity index (χ1n) is 8.24. The lowest BCUT2D eigenvalue weighted by atomic mass is 10.2. The molecule has 2 aromatic carbocycles. The van der Waals surface area contributed by atoms with Crippen molar-refractivity contribution in [1.82, 2.24) is 9.97 Å². The van der Waals surface area contributed by atoms with Crippen molar-refractivity contribution in [2.75, 3.05) is 12.1 Å². The molecular weight excluding hydrogens is 334 g/mol. The molecular formula is C19H17N3O4. The van der Waals surface area contributed by atoms with Gasteiger partial charge in [0.1, 0.15) is 0 Å². The van der Waals surface area contributed by atoms with Crippen LogP contribution in [0, 0.1) is 0 Å². The molecule has 0 saturated carbocycles. The van der Waals surface area contributed by atoms with Gasteiger partial charge in [-0.05, 0) is 38.1 Å². The number of carbonyl (C=O) groups is 1. The molecule has 0 amide bonds. The summed E-state index contributed by atoms with van der Waals surface area (Å²) in [5, 5.41) is 3.14. The second kappa shape index (κ2) is 6.51. The maximum atomic E-state index is 12.5. The van der Waals surface area contributed by atoms with Crippen LogP contribution in [0.25, 0.3) is 11.0 Å². The Labute approximate surface area is 149 Å². The van der Waals surface area contributed by atoms with Crippen molar-refractivity contribution in [2.24, 2.45) is 0 Å². The minimum Gasteiger partial charge on any atom is -0.458 e. The fraction of sp³-hybridized carbons (Fsp3) is 0.211. The molecule has 0 unspecified atom stereocenters. The Morgan fingerprint density at radius 2 is 1.81 bits per heavy atom. The van der Waals surface area contributed by atoms with E-state index in [0.29, 0.717) is 34.0 Å². The zero-order valence-corrected chi connectivity index (χ0v) is 14.4. The molecule has 1 aliphatic heterocycles. The zero-order chi connectivity index (χ0) is 18.1. The third kappa shape index (κ3) is 3.11. The Morgan fingerprint density at radius 3 is 2.58 bits per heavy atom. The van der Waals surface area contributed by atoms with Crippen LogP contribution in [0.1, 0.15) is 24.3 Å². The normalized spacial score (nSPS) is 12.4. The van der Waals surface area contributed by atoms with Gasteiger partial charge in [-0.2, -0.15) is 0 Å². The Hall–Kier alpha value is -3.35. The monoisotopic (exact) mass is 351 g/mol. The Morgan fingerprint density at radius 1 is 1.08 bits per heavy atom. The van der Waals surface area contributed by atoms with Crippen LogP contribution in [0.4, 0.5) is 11.5 Å². The molecule has 1 N–H and O–H groups in total. The van der Waals surface area contributed by atoms with Crippen LogP contribution in [0.5, 0.6) is 11.5 Å². The molecule has 3 aromatic rings. The average Bonchev–Trinajstić information content (AvgIpc) is 3.08. The second-order valence-electron chi connectivity index (χ2n) is 6.06. The van der Waals surface area contributed by atoms with Gasteiger partial charge in [0.05, 0.1) is 17.1 Å². The van der Waals surface area contributed by atoms with E-state index in [4.69, 9.17) is 14.2 Å². The molecule has 2 heterocycles. The average molecular weight is 351 g/mol. The molecule has 0 saturated heterocycles. The second-order valence-corrected chi connectivity index (χ2v) is 6.06. The van der Waals surface area contributed by atoms with Gasteiger partial charge in [0.2, 0.25) is 6.79 Å². The van der Waals surface area contributed by atoms with Crippen LogP contribution in [0.3, 0.4) is 0 Å². The molecule has 0 radical (unpaired) electrons. The van der Waals surface area contributed by atoms with E-state index in [2.05, 4.69) is 15.3 Å². The highest BCUT2D eigenvalue weighted by atomic mass is 16.7. The number of nitrogens with zero attached hydrogens (tertiary/aromatic N) is 2. The number of rotatable bonds is 4. The molecule has 7 heteroatoms. The van der Waals surface area contributed by atoms with E-state index in [1.54, 1.807) is 32.0 Å². The van der Waals surface area contributed by atoms with Crippen molar-refractivity contribution >= 4 is 28.5 Å². The van der Waals surface area contributed by atoms with Gasteiger partial charge >= 0.3 is 5.97 Å². The van der Waals surface area contributed by atoms with E-state index in [0.717, 1.165) is 0 Å². The number of esters is 1. The van der Waals surface area contributed by atoms with Gasteiger partial charge in [-0.25, -0.2) is 14.8 Å². The lowest BCUT2D eigenvalue weighted by molar-refractivity contribution is 0.0372. The lowest BCUT2D eigenvalue weighted by Crippen LogP contribution is -2.16. The summed E-state index contributed by atoms with van der Waals surface area (Å²) in [6.45, 7) is 3.77. The largest absolute Gasteiger partial charge is 0.458 e. The molecule has 0 bridgehead atoms. The number of ether oxygens (including phenoxy) is 3. The molecule has 26 heavy (non-hydrogen) atoms. The standard InChI is InChI=1S/C19H17N3O4/c1-11(2)26-19(23)17-18(22-14-6-4-3-5-13(14)21-17)20-12-7-8-15-16(9-12)25-10-24-15/h3-9,11H,10H2,1-2H3,(H,20,22). The first-order valence-corrected chi connectivity index (χ1v) is 8.24. The predicted octanol–water partition coefficient (Wildman–Crippen LogP) is 3.67. The fourth-order valence-electron chi connectivity index (χ4n) is 2.61. The molecule has 1 aromatic heterocycles. The Balaban J connectivity index is 1.75. The smallest absolute Gasteiger partial charge is 0.361 e. The SMILES string of the molecule is CC(C)OC(=O)c1nc2ccccc2nc1Nc1ccc2c(c1)OCO2. The minimum absolute atomic E-state index is 0.134. The number of para-hydroxylation sites is 2. The molecule has 0 aliphatic carbocycles. The van der Waals surface area contributed by atoms with Crippen molar-refractivity contribution in [3.8, 4) is 11.5 Å². The van der Waals surface area contributed by atoms with Crippen molar-refractivity contribution in [3.63, 3.8) is 0 Å². The predicted molar refractivity (Wildman–Crippen MR) is 95.9 cm³/mol. The van der Waals surface area contributed by atoms with E-state index < -0.39 is 5.97 Å². The number of fused-ring (bicyclic) bond motifs is 2. The van der Waals surface area contributed by atoms with Crippen LogP contribution >= 0.6 is 0 Å². The van der Waals surface area contributed by atoms with Crippen molar-refractivity contribution in [2.45, 2.75) is 20.0 Å². The van der Waals surface area contributed by atoms with Gasteiger partial charge < -0.3 is 19.5 Å². The third-order valence-corrected chi connectivity index (χ3v) is 3.74. The number of benzene rings is 2. The van der Waals surface area contributed by atoms with E-state index in [1.165, 1.54) is 0 Å². The van der Waals surface area contributed by atoms with E-state index in [9.17, 15) is 4.79 Å². The van der Waals surface area contributed by atoms with Crippen LogP contribution in [-0.4, -0.2) is 28.8 Å². The fourth-order valence-corrected chi connectivity index (χ4v) is 2.61. The van der Waals surface area contributed by atoms with E-state index >= 15 is 0 Å². The molecule has 4 rings (SSSR count). The maximum Gasteiger partial charge on any atom is 0.361 e. The summed E-state index contributed by atoms with van der Waals surface area (Å²) in [6.07, 6.45) is -0.255. The summed E-state index contributed by atoms with van der Waals surface area (Å²) in [6, 6.07) is 12.8. The summed E-state index contributed by atoms with van der Waals surface area (Å²) in [5.41, 5.74) is 2.14.